The molecule has 0 heterocycles. The van der Waals surface area contributed by atoms with Crippen molar-refractivity contribution in [1.82, 2.24) is 0 Å². The van der Waals surface area contributed by atoms with E-state index in [1.165, 1.54) is 15.9 Å². The Morgan fingerprint density at radius 1 is 0.528 bits per heavy atom. The zero-order valence-corrected chi connectivity index (χ0v) is 25.7. The number of benzene rings is 3. The molecule has 1 fully saturated rings. The van der Waals surface area contributed by atoms with Gasteiger partial charge in [0.05, 0.1) is 0 Å². The molecule has 0 spiro atoms. The van der Waals surface area contributed by atoms with E-state index >= 15 is 0 Å². The summed E-state index contributed by atoms with van der Waals surface area (Å²) in [6, 6.07) is 32.3. The number of alkyl halides is 4. The molecular weight excluding hydrogens is 785 g/mol. The molecule has 0 amide bonds. The van der Waals surface area contributed by atoms with Gasteiger partial charge in [0, 0.05) is 27.8 Å². The average Bonchev–Trinajstić information content (AvgIpc) is 3.15. The number of hydrogen-bond donors (Lipinski definition) is 0. The van der Waals surface area contributed by atoms with Crippen molar-refractivity contribution in [3.63, 3.8) is 0 Å². The molecule has 0 saturated heterocycles. The molecule has 193 valence electrons. The predicted octanol–water partition coefficient (Wildman–Crippen LogP) is 5.96. The van der Waals surface area contributed by atoms with Gasteiger partial charge in [-0.25, -0.2) is 0 Å². The normalized spacial score (nSPS) is 18.8. The minimum atomic E-state index is -0.446. The Kier molecular flexibility index (Phi) is 28.0. The topological polar surface area (TPSA) is 59.7 Å². The first-order chi connectivity index (χ1) is 16.6. The smallest absolute Gasteiger partial charge is 0 e. The molecule has 1 radical (unpaired) electrons. The summed E-state index contributed by atoms with van der Waals surface area (Å²) in [4.78, 5) is 0. The van der Waals surface area contributed by atoms with E-state index in [1.807, 2.05) is 0 Å². The molecule has 0 bridgehead atoms. The molecule has 3 nitrogen and oxygen atoms in total. The zero-order valence-electron chi connectivity index (χ0n) is 18.4. The molecular formula is C26H20AuCl4MnO3P. The van der Waals surface area contributed by atoms with Crippen molar-refractivity contribution in [2.24, 2.45) is 0 Å². The molecule has 3 aromatic carbocycles. The van der Waals surface area contributed by atoms with E-state index in [1.54, 1.807) is 6.42 Å². The van der Waals surface area contributed by atoms with Crippen LogP contribution in [-0.4, -0.2) is 21.5 Å². The molecule has 36 heavy (non-hydrogen) atoms. The van der Waals surface area contributed by atoms with Gasteiger partial charge in [0.1, 0.15) is 0 Å². The Morgan fingerprint density at radius 3 is 0.917 bits per heavy atom. The standard InChI is InChI=1S/C18H15P.C5H5Cl4.3CO.Au.Mn/c1-4-10-16(11-5-1)19(17-12-6-2-7-13-17)18-14-8-3-9-15-18;6-2-1-3(7)5(9)4(2)8;3*1-2;;/h1-15H;1-5H;;;;;/q;-1;;;;+1;. The molecule has 4 atom stereocenters. The van der Waals surface area contributed by atoms with Crippen LogP contribution in [0.2, 0.25) is 0 Å². The van der Waals surface area contributed by atoms with Crippen LogP contribution in [0.3, 0.4) is 0 Å². The fourth-order valence-corrected chi connectivity index (χ4v) is 6.55. The minimum Gasteiger partial charge on any atom is -0.0622 e. The Morgan fingerprint density at radius 2 is 0.750 bits per heavy atom. The third-order valence-electron chi connectivity index (χ3n) is 4.32. The molecule has 1 aliphatic rings. The van der Waals surface area contributed by atoms with E-state index in [0.29, 0.717) is 0 Å². The van der Waals surface area contributed by atoms with Gasteiger partial charge in [0.25, 0.3) is 0 Å². The van der Waals surface area contributed by atoms with Crippen molar-refractivity contribution >= 4 is 70.2 Å². The van der Waals surface area contributed by atoms with Gasteiger partial charge in [-0.2, -0.15) is 23.2 Å². The number of hydrogen-bond acceptors (Lipinski definition) is 0. The van der Waals surface area contributed by atoms with Crippen LogP contribution in [0.5, 0.6) is 0 Å². The molecule has 10 heteroatoms. The molecule has 1 aliphatic carbocycles. The van der Waals surface area contributed by atoms with Crippen molar-refractivity contribution in [3.05, 3.63) is 117 Å². The van der Waals surface area contributed by atoms with Gasteiger partial charge in [-0.3, -0.25) is 6.42 Å². The molecule has 1 saturated carbocycles. The van der Waals surface area contributed by atoms with Gasteiger partial charge in [-0.1, -0.05) is 102 Å². The maximum absolute atomic E-state index is 7.50. The summed E-state index contributed by atoms with van der Waals surface area (Å²) in [5.41, 5.74) is 0. The predicted molar refractivity (Wildman–Crippen MR) is 140 cm³/mol. The van der Waals surface area contributed by atoms with Gasteiger partial charge < -0.3 is 0 Å². The molecule has 4 rings (SSSR count). The quantitative estimate of drug-likeness (QED) is 0.103. The van der Waals surface area contributed by atoms with Crippen LogP contribution in [0.1, 0.15) is 0 Å². The van der Waals surface area contributed by atoms with Crippen LogP contribution in [0.25, 0.3) is 0 Å². The molecule has 0 N–H and O–H groups in total. The number of halogens is 4. The van der Waals surface area contributed by atoms with E-state index in [0.717, 1.165) is 0 Å². The Bertz CT molecular complexity index is 862. The van der Waals surface area contributed by atoms with Gasteiger partial charge in [0.15, 0.2) is 0 Å². The van der Waals surface area contributed by atoms with Crippen molar-refractivity contribution in [1.29, 1.82) is 0 Å². The zero-order chi connectivity index (χ0) is 25.9. The van der Waals surface area contributed by atoms with Gasteiger partial charge in [-0.15, -0.1) is 23.2 Å². The second-order valence-corrected chi connectivity index (χ2v) is 10.5. The average molecular weight is 805 g/mol. The van der Waals surface area contributed by atoms with E-state index in [9.17, 15) is 0 Å². The van der Waals surface area contributed by atoms with Crippen LogP contribution in [0.15, 0.2) is 91.0 Å². The van der Waals surface area contributed by atoms with Gasteiger partial charge >= 0.3 is 56.3 Å². The minimum absolute atomic E-state index is 0. The molecule has 3 aromatic rings. The van der Waals surface area contributed by atoms with Crippen LogP contribution >= 0.6 is 54.3 Å². The molecule has 0 aliphatic heterocycles. The maximum Gasteiger partial charge on any atom is 0 e. The fraction of sp³-hybridized carbons (Fsp3) is 0.154. The maximum atomic E-state index is 7.50. The SMILES string of the molecule is ClC1[CH-]C(Cl)C(Cl)C1Cl.[Au+].[C-]#[O+].[C-]#[O+].[C-]#[O+].[Mn].c1ccc(P(c2ccccc2)c2ccccc2)cc1. The Hall–Kier alpha value is -0.270. The molecule has 4 unspecified atom stereocenters. The van der Waals surface area contributed by atoms with E-state index < -0.39 is 7.92 Å². The van der Waals surface area contributed by atoms with Crippen molar-refractivity contribution in [3.8, 4) is 0 Å². The number of rotatable bonds is 3. The first-order valence-electron chi connectivity index (χ1n) is 9.55. The summed E-state index contributed by atoms with van der Waals surface area (Å²) in [6.07, 6.45) is 1.75. The fourth-order valence-electron chi connectivity index (χ4n) is 2.92. The Labute approximate surface area is 260 Å². The van der Waals surface area contributed by atoms with Crippen LogP contribution in [-0.2, 0) is 53.4 Å². The summed E-state index contributed by atoms with van der Waals surface area (Å²) < 4.78 is 22.5. The van der Waals surface area contributed by atoms with Gasteiger partial charge in [0.2, 0.25) is 0 Å². The van der Waals surface area contributed by atoms with Crippen molar-refractivity contribution < 1.29 is 53.4 Å². The summed E-state index contributed by atoms with van der Waals surface area (Å²) in [5, 5.41) is 3.37. The van der Waals surface area contributed by atoms with Crippen LogP contribution in [0.4, 0.5) is 0 Å². The van der Waals surface area contributed by atoms with E-state index in [4.69, 9.17) is 60.4 Å². The van der Waals surface area contributed by atoms with Crippen LogP contribution < -0.4 is 15.9 Å². The first kappa shape index (κ1) is 40.2. The third kappa shape index (κ3) is 13.5. The van der Waals surface area contributed by atoms with Crippen molar-refractivity contribution in [2.45, 2.75) is 21.5 Å². The monoisotopic (exact) mass is 803 g/mol. The second kappa shape index (κ2) is 25.0. The van der Waals surface area contributed by atoms with Crippen LogP contribution in [0, 0.1) is 26.4 Å². The second-order valence-electron chi connectivity index (χ2n) is 6.31. The summed E-state index contributed by atoms with van der Waals surface area (Å²) in [5.74, 6) is 0. The summed E-state index contributed by atoms with van der Waals surface area (Å²) >= 11 is 22.8. The first-order valence-corrected chi connectivity index (χ1v) is 12.6. The Balaban J connectivity index is -0.000000547. The summed E-state index contributed by atoms with van der Waals surface area (Å²) in [6.45, 7) is 13.5. The third-order valence-corrected chi connectivity index (χ3v) is 9.07. The van der Waals surface area contributed by atoms with Crippen molar-refractivity contribution in [2.75, 3.05) is 0 Å². The molecule has 0 aromatic heterocycles. The largest absolute Gasteiger partial charge is 0.0622 e. The van der Waals surface area contributed by atoms with E-state index in [2.05, 4.69) is 111 Å². The van der Waals surface area contributed by atoms with E-state index in [-0.39, 0.29) is 61.0 Å². The van der Waals surface area contributed by atoms with Gasteiger partial charge in [-0.05, 0) is 23.8 Å². The summed E-state index contributed by atoms with van der Waals surface area (Å²) in [7, 11) is -0.446.